The number of rotatable bonds is 2. The second-order valence-electron chi connectivity index (χ2n) is 10.9. The van der Waals surface area contributed by atoms with E-state index in [2.05, 4.69) is 70.2 Å². The Labute approximate surface area is 219 Å². The smallest absolute Gasteiger partial charge is 0.164 e. The molecular weight excluding hydrogens is 599 g/mol. The summed E-state index contributed by atoms with van der Waals surface area (Å²) in [4.78, 5) is 16.3. The Hall–Kier alpha value is -2.29. The molecule has 1 N–H and O–H groups in total. The van der Waals surface area contributed by atoms with Crippen molar-refractivity contribution in [2.75, 3.05) is 0 Å². The van der Waals surface area contributed by atoms with Gasteiger partial charge >= 0.3 is 0 Å². The first-order chi connectivity index (χ1) is 15.1. The molecule has 0 aliphatic heterocycles. The van der Waals surface area contributed by atoms with Gasteiger partial charge in [0.1, 0.15) is 5.76 Å². The second kappa shape index (κ2) is 11.4. The maximum Gasteiger partial charge on any atom is 0.164 e. The fourth-order valence-electron chi connectivity index (χ4n) is 3.23. The van der Waals surface area contributed by atoms with Crippen LogP contribution in [0.3, 0.4) is 0 Å². The SMILES string of the molecule is CC(C)(C)C(=O)/C=C(\O)C(C)(C)C.Cc1[c-]c(-c2ccc3c(C)cc(C)cc3n2)c(C)cc1.[Ir]. The molecule has 1 aromatic heterocycles. The van der Waals surface area contributed by atoms with Gasteiger partial charge in [0.2, 0.25) is 0 Å². The number of fused-ring (bicyclic) bond motifs is 1. The van der Waals surface area contributed by atoms with E-state index in [1.54, 1.807) is 0 Å². The third-order valence-corrected chi connectivity index (χ3v) is 5.49. The Morgan fingerprint density at radius 1 is 0.882 bits per heavy atom. The van der Waals surface area contributed by atoms with Crippen LogP contribution in [0.2, 0.25) is 0 Å². The molecule has 34 heavy (non-hydrogen) atoms. The predicted molar refractivity (Wildman–Crippen MR) is 140 cm³/mol. The third kappa shape index (κ3) is 7.89. The molecule has 0 aliphatic carbocycles. The molecule has 0 spiro atoms. The maximum atomic E-state index is 11.5. The summed E-state index contributed by atoms with van der Waals surface area (Å²) >= 11 is 0. The zero-order chi connectivity index (χ0) is 25.1. The fraction of sp³-hybridized carbons (Fsp3) is 0.400. The molecule has 2 aromatic carbocycles. The van der Waals surface area contributed by atoms with E-state index in [0.717, 1.165) is 22.3 Å². The number of pyridine rings is 1. The van der Waals surface area contributed by atoms with E-state index in [1.807, 2.05) is 41.5 Å². The molecule has 0 unspecified atom stereocenters. The Morgan fingerprint density at radius 2 is 1.50 bits per heavy atom. The van der Waals surface area contributed by atoms with Crippen molar-refractivity contribution in [3.05, 3.63) is 76.6 Å². The average molecular weight is 637 g/mol. The van der Waals surface area contributed by atoms with Gasteiger partial charge in [-0.25, -0.2) is 0 Å². The van der Waals surface area contributed by atoms with Crippen molar-refractivity contribution in [3.63, 3.8) is 0 Å². The van der Waals surface area contributed by atoms with Crippen molar-refractivity contribution in [2.45, 2.75) is 69.2 Å². The molecule has 0 fully saturated rings. The van der Waals surface area contributed by atoms with Crippen molar-refractivity contribution in [1.82, 2.24) is 4.98 Å². The summed E-state index contributed by atoms with van der Waals surface area (Å²) in [6.07, 6.45) is 1.33. The van der Waals surface area contributed by atoms with Crippen LogP contribution < -0.4 is 0 Å². The third-order valence-electron chi connectivity index (χ3n) is 5.49. The van der Waals surface area contributed by atoms with Crippen LogP contribution in [0.1, 0.15) is 63.8 Å². The number of hydrogen-bond acceptors (Lipinski definition) is 3. The molecular formula is C30H38IrNO2-. The van der Waals surface area contributed by atoms with Crippen LogP contribution >= 0.6 is 0 Å². The van der Waals surface area contributed by atoms with E-state index in [1.165, 1.54) is 28.2 Å². The number of ketones is 1. The van der Waals surface area contributed by atoms with Crippen LogP contribution in [-0.4, -0.2) is 15.9 Å². The number of hydrogen-bond donors (Lipinski definition) is 1. The number of nitrogens with zero attached hydrogens (tertiary/aromatic N) is 1. The number of aliphatic hydroxyl groups is 1. The minimum atomic E-state index is -0.417. The molecule has 0 saturated carbocycles. The van der Waals surface area contributed by atoms with Crippen LogP contribution in [0.5, 0.6) is 0 Å². The zero-order valence-electron chi connectivity index (χ0n) is 22.2. The van der Waals surface area contributed by atoms with Gasteiger partial charge in [-0.3, -0.25) is 9.78 Å². The first-order valence-corrected chi connectivity index (χ1v) is 11.4. The summed E-state index contributed by atoms with van der Waals surface area (Å²) in [6, 6.07) is 16.3. The molecule has 4 heteroatoms. The van der Waals surface area contributed by atoms with Crippen LogP contribution in [-0.2, 0) is 24.9 Å². The van der Waals surface area contributed by atoms with Crippen molar-refractivity contribution in [1.29, 1.82) is 0 Å². The van der Waals surface area contributed by atoms with E-state index in [-0.39, 0.29) is 37.1 Å². The van der Waals surface area contributed by atoms with Gasteiger partial charge < -0.3 is 5.11 Å². The molecule has 0 amide bonds. The standard InChI is InChI=1S/C19H18N.C11H20O2.Ir/c1-12-5-6-14(3)17(10-12)18-8-7-16-15(4)9-13(2)11-19(16)20-18;1-10(2,3)8(12)7-9(13)11(4,5)6;/h5-9,11H,1-4H3;7,12H,1-6H3;/q-1;;/b;8-7-;. The van der Waals surface area contributed by atoms with Crippen molar-refractivity contribution >= 4 is 16.7 Å². The second-order valence-corrected chi connectivity index (χ2v) is 10.9. The fourth-order valence-corrected chi connectivity index (χ4v) is 3.23. The predicted octanol–water partition coefficient (Wildman–Crippen LogP) is 8.02. The molecule has 3 nitrogen and oxygen atoms in total. The monoisotopic (exact) mass is 637 g/mol. The Balaban J connectivity index is 0.000000364. The van der Waals surface area contributed by atoms with Crippen LogP contribution in [0.25, 0.3) is 22.2 Å². The van der Waals surface area contributed by atoms with E-state index in [4.69, 9.17) is 4.98 Å². The number of aryl methyl sites for hydroxylation is 4. The van der Waals surface area contributed by atoms with Gasteiger partial charge in [0, 0.05) is 42.4 Å². The van der Waals surface area contributed by atoms with Gasteiger partial charge in [0.15, 0.2) is 5.78 Å². The molecule has 0 atom stereocenters. The average Bonchev–Trinajstić information content (AvgIpc) is 2.68. The van der Waals surface area contributed by atoms with Gasteiger partial charge in [0.25, 0.3) is 0 Å². The number of carbonyl (C=O) groups is 1. The van der Waals surface area contributed by atoms with Gasteiger partial charge in [-0.15, -0.1) is 34.9 Å². The molecule has 0 saturated heterocycles. The van der Waals surface area contributed by atoms with Gasteiger partial charge in [-0.2, -0.15) is 0 Å². The van der Waals surface area contributed by atoms with Crippen molar-refractivity contribution < 1.29 is 30.0 Å². The zero-order valence-corrected chi connectivity index (χ0v) is 24.6. The summed E-state index contributed by atoms with van der Waals surface area (Å²) in [5, 5.41) is 10.8. The van der Waals surface area contributed by atoms with Crippen LogP contribution in [0.15, 0.2) is 48.2 Å². The first-order valence-electron chi connectivity index (χ1n) is 11.4. The van der Waals surface area contributed by atoms with Gasteiger partial charge in [-0.05, 0) is 36.7 Å². The summed E-state index contributed by atoms with van der Waals surface area (Å²) in [5.74, 6) is 0.104. The molecule has 185 valence electrons. The van der Waals surface area contributed by atoms with E-state index in [0.29, 0.717) is 0 Å². The Morgan fingerprint density at radius 3 is 2.06 bits per heavy atom. The Bertz CT molecular complexity index is 1190. The largest absolute Gasteiger partial charge is 0.512 e. The number of carbonyl (C=O) groups excluding carboxylic acids is 1. The quantitative estimate of drug-likeness (QED) is 0.176. The topological polar surface area (TPSA) is 50.2 Å². The molecule has 1 heterocycles. The summed E-state index contributed by atoms with van der Waals surface area (Å²) in [5.41, 5.74) is 7.30. The number of aliphatic hydroxyl groups excluding tert-OH is 1. The van der Waals surface area contributed by atoms with E-state index < -0.39 is 5.41 Å². The van der Waals surface area contributed by atoms with E-state index >= 15 is 0 Å². The summed E-state index contributed by atoms with van der Waals surface area (Å²) in [7, 11) is 0. The van der Waals surface area contributed by atoms with E-state index in [9.17, 15) is 9.90 Å². The molecule has 0 aliphatic rings. The molecule has 1 radical (unpaired) electrons. The minimum absolute atomic E-state index is 0. The van der Waals surface area contributed by atoms with Gasteiger partial charge in [-0.1, -0.05) is 73.6 Å². The van der Waals surface area contributed by atoms with Crippen LogP contribution in [0.4, 0.5) is 0 Å². The van der Waals surface area contributed by atoms with Crippen molar-refractivity contribution in [2.24, 2.45) is 10.8 Å². The van der Waals surface area contributed by atoms with Crippen LogP contribution in [0, 0.1) is 44.6 Å². The summed E-state index contributed by atoms with van der Waals surface area (Å²) < 4.78 is 0. The molecule has 0 bridgehead atoms. The molecule has 3 rings (SSSR count). The Kier molecular flexibility index (Phi) is 9.99. The van der Waals surface area contributed by atoms with Gasteiger partial charge in [0.05, 0.1) is 5.52 Å². The first kappa shape index (κ1) is 29.7. The number of allylic oxidation sites excluding steroid dienone is 2. The number of aromatic nitrogens is 1. The molecule has 3 aromatic rings. The maximum absolute atomic E-state index is 11.5. The van der Waals surface area contributed by atoms with Crippen molar-refractivity contribution in [3.8, 4) is 11.3 Å². The normalized spacial score (nSPS) is 12.0. The minimum Gasteiger partial charge on any atom is -0.512 e. The summed E-state index contributed by atoms with van der Waals surface area (Å²) in [6.45, 7) is 19.5. The number of benzene rings is 2.